The van der Waals surface area contributed by atoms with Gasteiger partial charge in [0.2, 0.25) is 5.91 Å². The highest BCUT2D eigenvalue weighted by atomic mass is 16.2. The van der Waals surface area contributed by atoms with E-state index in [9.17, 15) is 4.79 Å². The van der Waals surface area contributed by atoms with Crippen LogP contribution in [0.1, 0.15) is 18.9 Å². The van der Waals surface area contributed by atoms with Crippen LogP contribution in [-0.4, -0.2) is 18.5 Å². The molecule has 15 heavy (non-hydrogen) atoms. The zero-order valence-electron chi connectivity index (χ0n) is 8.94. The van der Waals surface area contributed by atoms with Gasteiger partial charge in [0.1, 0.15) is 6.04 Å². The second-order valence-corrected chi connectivity index (χ2v) is 3.97. The van der Waals surface area contributed by atoms with Gasteiger partial charge in [0.05, 0.1) is 6.54 Å². The quantitative estimate of drug-likeness (QED) is 0.755. The lowest BCUT2D eigenvalue weighted by Crippen LogP contribution is -2.61. The van der Waals surface area contributed by atoms with E-state index in [0.717, 1.165) is 18.5 Å². The van der Waals surface area contributed by atoms with Gasteiger partial charge in [-0.1, -0.05) is 25.5 Å². The molecule has 0 saturated carbocycles. The van der Waals surface area contributed by atoms with E-state index in [0.29, 0.717) is 6.54 Å². The van der Waals surface area contributed by atoms with Crippen molar-refractivity contribution in [3.8, 4) is 0 Å². The number of nitrogens with two attached hydrogens (primary N) is 1. The summed E-state index contributed by atoms with van der Waals surface area (Å²) in [5.74, 6) is 0.0261. The fourth-order valence-corrected chi connectivity index (χ4v) is 1.82. The highest BCUT2D eigenvalue weighted by molar-refractivity contribution is 6.03. The van der Waals surface area contributed by atoms with Gasteiger partial charge < -0.3 is 10.6 Å². The van der Waals surface area contributed by atoms with E-state index in [-0.39, 0.29) is 11.9 Å². The van der Waals surface area contributed by atoms with Gasteiger partial charge in [-0.05, 0) is 24.1 Å². The summed E-state index contributed by atoms with van der Waals surface area (Å²) in [5, 5.41) is 0. The molecule has 80 valence electrons. The molecule has 1 unspecified atom stereocenters. The summed E-state index contributed by atoms with van der Waals surface area (Å²) in [5.41, 5.74) is 7.81. The van der Waals surface area contributed by atoms with E-state index >= 15 is 0 Å². The SMILES string of the molecule is CCCc1ccc(N2CC(N)C2=O)cc1. The fourth-order valence-electron chi connectivity index (χ4n) is 1.82. The number of rotatable bonds is 3. The number of anilines is 1. The first-order chi connectivity index (χ1) is 7.22. The normalized spacial score (nSPS) is 20.3. The average molecular weight is 204 g/mol. The summed E-state index contributed by atoms with van der Waals surface area (Å²) in [7, 11) is 0. The maximum absolute atomic E-state index is 11.4. The molecule has 0 spiro atoms. The van der Waals surface area contributed by atoms with Gasteiger partial charge >= 0.3 is 0 Å². The average Bonchev–Trinajstić information content (AvgIpc) is 2.27. The molecule has 3 heteroatoms. The van der Waals surface area contributed by atoms with Gasteiger partial charge in [0.25, 0.3) is 0 Å². The summed E-state index contributed by atoms with van der Waals surface area (Å²) in [4.78, 5) is 13.1. The molecule has 1 heterocycles. The second-order valence-electron chi connectivity index (χ2n) is 3.97. The lowest BCUT2D eigenvalue weighted by molar-refractivity contribution is -0.123. The van der Waals surface area contributed by atoms with Crippen LogP contribution < -0.4 is 10.6 Å². The third-order valence-electron chi connectivity index (χ3n) is 2.75. The van der Waals surface area contributed by atoms with Crippen molar-refractivity contribution in [2.75, 3.05) is 11.4 Å². The van der Waals surface area contributed by atoms with Crippen LogP contribution in [-0.2, 0) is 11.2 Å². The van der Waals surface area contributed by atoms with E-state index in [1.165, 1.54) is 5.56 Å². The van der Waals surface area contributed by atoms with Crippen LogP contribution in [0.2, 0.25) is 0 Å². The minimum absolute atomic E-state index is 0.0261. The van der Waals surface area contributed by atoms with Crippen LogP contribution in [0.25, 0.3) is 0 Å². The van der Waals surface area contributed by atoms with Crippen LogP contribution >= 0.6 is 0 Å². The molecule has 1 atom stereocenters. The highest BCUT2D eigenvalue weighted by Gasteiger charge is 2.34. The number of amides is 1. The van der Waals surface area contributed by atoms with Crippen molar-refractivity contribution < 1.29 is 4.79 Å². The van der Waals surface area contributed by atoms with Gasteiger partial charge in [-0.2, -0.15) is 0 Å². The van der Waals surface area contributed by atoms with Crippen LogP contribution in [0, 0.1) is 0 Å². The Bertz CT molecular complexity index is 358. The van der Waals surface area contributed by atoms with Crippen molar-refractivity contribution in [1.29, 1.82) is 0 Å². The van der Waals surface area contributed by atoms with Gasteiger partial charge in [0.15, 0.2) is 0 Å². The zero-order chi connectivity index (χ0) is 10.8. The molecule has 3 nitrogen and oxygen atoms in total. The van der Waals surface area contributed by atoms with Gasteiger partial charge in [0, 0.05) is 5.69 Å². The van der Waals surface area contributed by atoms with Crippen molar-refractivity contribution in [2.45, 2.75) is 25.8 Å². The van der Waals surface area contributed by atoms with Gasteiger partial charge in [-0.15, -0.1) is 0 Å². The summed E-state index contributed by atoms with van der Waals surface area (Å²) < 4.78 is 0. The third kappa shape index (κ3) is 1.88. The molecule has 0 aromatic heterocycles. The van der Waals surface area contributed by atoms with Crippen molar-refractivity contribution in [1.82, 2.24) is 0 Å². The molecule has 1 aromatic carbocycles. The van der Waals surface area contributed by atoms with Crippen LogP contribution in [0.3, 0.4) is 0 Å². The first-order valence-electron chi connectivity index (χ1n) is 5.38. The number of benzene rings is 1. The van der Waals surface area contributed by atoms with Gasteiger partial charge in [-0.25, -0.2) is 0 Å². The monoisotopic (exact) mass is 204 g/mol. The molecule has 1 fully saturated rings. The molecular formula is C12H16N2O. The van der Waals surface area contributed by atoms with Crippen molar-refractivity contribution >= 4 is 11.6 Å². The van der Waals surface area contributed by atoms with Crippen LogP contribution in [0.4, 0.5) is 5.69 Å². The number of hydrogen-bond donors (Lipinski definition) is 1. The fraction of sp³-hybridized carbons (Fsp3) is 0.417. The van der Waals surface area contributed by atoms with Crippen molar-refractivity contribution in [3.05, 3.63) is 29.8 Å². The summed E-state index contributed by atoms with van der Waals surface area (Å²) in [6.07, 6.45) is 2.24. The Kier molecular flexibility index (Phi) is 2.73. The Morgan fingerprint density at radius 1 is 1.40 bits per heavy atom. The Balaban J connectivity index is 2.08. The number of β-lactam (4-membered cyclic amide) rings is 1. The van der Waals surface area contributed by atoms with Crippen LogP contribution in [0.15, 0.2) is 24.3 Å². The minimum atomic E-state index is -0.291. The minimum Gasteiger partial charge on any atom is -0.318 e. The molecule has 1 aliphatic heterocycles. The molecule has 1 saturated heterocycles. The second kappa shape index (κ2) is 4.03. The lowest BCUT2D eigenvalue weighted by Gasteiger charge is -2.36. The third-order valence-corrected chi connectivity index (χ3v) is 2.75. The molecule has 2 N–H and O–H groups in total. The predicted octanol–water partition coefficient (Wildman–Crippen LogP) is 1.31. The maximum atomic E-state index is 11.4. The van der Waals surface area contributed by atoms with E-state index in [1.54, 1.807) is 4.90 Å². The van der Waals surface area contributed by atoms with Crippen LogP contribution in [0.5, 0.6) is 0 Å². The first kappa shape index (κ1) is 10.2. The molecule has 1 amide bonds. The largest absolute Gasteiger partial charge is 0.318 e. The standard InChI is InChI=1S/C12H16N2O/c1-2-3-9-4-6-10(7-5-9)14-8-11(13)12(14)15/h4-7,11H,2-3,8,13H2,1H3. The molecule has 0 bridgehead atoms. The number of carbonyl (C=O) groups excluding carboxylic acids is 1. The van der Waals surface area contributed by atoms with E-state index in [2.05, 4.69) is 19.1 Å². The molecule has 1 aliphatic rings. The highest BCUT2D eigenvalue weighted by Crippen LogP contribution is 2.21. The molecular weight excluding hydrogens is 188 g/mol. The predicted molar refractivity (Wildman–Crippen MR) is 60.8 cm³/mol. The molecule has 0 aliphatic carbocycles. The Morgan fingerprint density at radius 3 is 2.53 bits per heavy atom. The Labute approximate surface area is 89.9 Å². The molecule has 2 rings (SSSR count). The lowest BCUT2D eigenvalue weighted by atomic mass is 10.1. The molecule has 1 aromatic rings. The molecule has 0 radical (unpaired) electrons. The van der Waals surface area contributed by atoms with Crippen molar-refractivity contribution in [3.63, 3.8) is 0 Å². The summed E-state index contributed by atoms with van der Waals surface area (Å²) in [6, 6.07) is 7.86. The summed E-state index contributed by atoms with van der Waals surface area (Å²) in [6.45, 7) is 2.80. The number of carbonyl (C=O) groups is 1. The van der Waals surface area contributed by atoms with Gasteiger partial charge in [-0.3, -0.25) is 4.79 Å². The Morgan fingerprint density at radius 2 is 2.07 bits per heavy atom. The number of hydrogen-bond acceptors (Lipinski definition) is 2. The number of nitrogens with zero attached hydrogens (tertiary/aromatic N) is 1. The maximum Gasteiger partial charge on any atom is 0.245 e. The Hall–Kier alpha value is -1.35. The van der Waals surface area contributed by atoms with Crippen molar-refractivity contribution in [2.24, 2.45) is 5.73 Å². The van der Waals surface area contributed by atoms with E-state index in [1.807, 2.05) is 12.1 Å². The topological polar surface area (TPSA) is 46.3 Å². The zero-order valence-corrected chi connectivity index (χ0v) is 8.94. The first-order valence-corrected chi connectivity index (χ1v) is 5.38. The summed E-state index contributed by atoms with van der Waals surface area (Å²) >= 11 is 0. The smallest absolute Gasteiger partial charge is 0.245 e. The van der Waals surface area contributed by atoms with E-state index < -0.39 is 0 Å². The van der Waals surface area contributed by atoms with E-state index in [4.69, 9.17) is 5.73 Å². The number of aryl methyl sites for hydroxylation is 1.